The third-order valence-electron chi connectivity index (χ3n) is 1.81. The van der Waals surface area contributed by atoms with Crippen molar-refractivity contribution in [2.45, 2.75) is 27.2 Å². The average Bonchev–Trinajstić information content (AvgIpc) is 2.03. The Morgan fingerprint density at radius 1 is 1.54 bits per heavy atom. The zero-order valence-corrected chi connectivity index (χ0v) is 8.24. The smallest absolute Gasteiger partial charge is 0.166 e. The fourth-order valence-electron chi connectivity index (χ4n) is 1.15. The van der Waals surface area contributed by atoms with Crippen molar-refractivity contribution in [1.82, 2.24) is 9.97 Å². The van der Waals surface area contributed by atoms with Crippen LogP contribution in [0, 0.1) is 12.8 Å². The predicted octanol–water partition coefficient (Wildman–Crippen LogP) is 2.01. The minimum absolute atomic E-state index is 0.133. The molecular weight excluding hydrogens is 164 g/mol. The first kappa shape index (κ1) is 9.84. The molecule has 0 aliphatic heterocycles. The lowest BCUT2D eigenvalue weighted by Crippen LogP contribution is -2.07. The van der Waals surface area contributed by atoms with Crippen LogP contribution in [0.3, 0.4) is 0 Å². The Morgan fingerprint density at radius 2 is 2.23 bits per heavy atom. The summed E-state index contributed by atoms with van der Waals surface area (Å²) in [6.07, 6.45) is 3.61. The van der Waals surface area contributed by atoms with Gasteiger partial charge in [-0.2, -0.15) is 0 Å². The highest BCUT2D eigenvalue weighted by atomic mass is 16.1. The Balaban J connectivity index is 2.83. The Kier molecular flexibility index (Phi) is 3.12. The van der Waals surface area contributed by atoms with Gasteiger partial charge in [0.1, 0.15) is 6.33 Å². The van der Waals surface area contributed by atoms with Crippen molar-refractivity contribution in [3.8, 4) is 0 Å². The van der Waals surface area contributed by atoms with Crippen molar-refractivity contribution in [1.29, 1.82) is 0 Å². The molecule has 0 aliphatic carbocycles. The number of carbonyl (C=O) groups is 1. The number of aryl methyl sites for hydroxylation is 1. The van der Waals surface area contributed by atoms with Crippen molar-refractivity contribution < 1.29 is 4.79 Å². The number of ketones is 1. The summed E-state index contributed by atoms with van der Waals surface area (Å²) in [5.41, 5.74) is 1.41. The second kappa shape index (κ2) is 4.12. The maximum Gasteiger partial charge on any atom is 0.166 e. The Labute approximate surface area is 78.2 Å². The van der Waals surface area contributed by atoms with Crippen LogP contribution in [0.25, 0.3) is 0 Å². The monoisotopic (exact) mass is 178 g/mol. The third-order valence-corrected chi connectivity index (χ3v) is 1.81. The molecule has 3 heteroatoms. The lowest BCUT2D eigenvalue weighted by molar-refractivity contribution is 0.0966. The molecule has 0 N–H and O–H groups in total. The van der Waals surface area contributed by atoms with Gasteiger partial charge in [0, 0.05) is 12.6 Å². The molecule has 1 rings (SSSR count). The molecule has 0 radical (unpaired) electrons. The van der Waals surface area contributed by atoms with Crippen LogP contribution in [0.5, 0.6) is 0 Å². The third kappa shape index (κ3) is 2.61. The lowest BCUT2D eigenvalue weighted by atomic mass is 10.0. The molecule has 0 aliphatic rings. The van der Waals surface area contributed by atoms with Crippen LogP contribution in [0.2, 0.25) is 0 Å². The zero-order chi connectivity index (χ0) is 9.84. The van der Waals surface area contributed by atoms with Gasteiger partial charge in [-0.25, -0.2) is 9.97 Å². The lowest BCUT2D eigenvalue weighted by Gasteiger charge is -2.04. The van der Waals surface area contributed by atoms with Gasteiger partial charge in [0.05, 0.1) is 11.3 Å². The molecule has 0 saturated carbocycles. The fraction of sp³-hybridized carbons (Fsp3) is 0.500. The van der Waals surface area contributed by atoms with Gasteiger partial charge in [0.15, 0.2) is 5.78 Å². The number of Topliss-reactive ketones (excluding diaryl/α,β-unsaturated/α-hetero) is 1. The fourth-order valence-corrected chi connectivity index (χ4v) is 1.15. The highest BCUT2D eigenvalue weighted by molar-refractivity contribution is 5.96. The first-order valence-electron chi connectivity index (χ1n) is 4.41. The van der Waals surface area contributed by atoms with Gasteiger partial charge in [-0.15, -0.1) is 0 Å². The highest BCUT2D eigenvalue weighted by Crippen LogP contribution is 2.10. The van der Waals surface area contributed by atoms with Gasteiger partial charge in [0.25, 0.3) is 0 Å². The molecule has 70 valence electrons. The van der Waals surface area contributed by atoms with Crippen LogP contribution >= 0.6 is 0 Å². The van der Waals surface area contributed by atoms with E-state index in [-0.39, 0.29) is 5.78 Å². The first-order chi connectivity index (χ1) is 6.11. The summed E-state index contributed by atoms with van der Waals surface area (Å²) < 4.78 is 0. The molecule has 3 nitrogen and oxygen atoms in total. The molecule has 0 fully saturated rings. The zero-order valence-electron chi connectivity index (χ0n) is 8.24. The molecule has 0 atom stereocenters. The van der Waals surface area contributed by atoms with E-state index in [0.717, 1.165) is 5.69 Å². The van der Waals surface area contributed by atoms with Crippen molar-refractivity contribution in [2.24, 2.45) is 5.92 Å². The largest absolute Gasteiger partial charge is 0.294 e. The minimum Gasteiger partial charge on any atom is -0.294 e. The molecule has 0 bridgehead atoms. The van der Waals surface area contributed by atoms with E-state index in [2.05, 4.69) is 9.97 Å². The summed E-state index contributed by atoms with van der Waals surface area (Å²) in [7, 11) is 0. The van der Waals surface area contributed by atoms with Crippen LogP contribution in [-0.4, -0.2) is 15.8 Å². The highest BCUT2D eigenvalue weighted by Gasteiger charge is 2.11. The molecule has 0 saturated heterocycles. The first-order valence-corrected chi connectivity index (χ1v) is 4.41. The maximum atomic E-state index is 11.6. The number of aromatic nitrogens is 2. The number of nitrogens with zero attached hydrogens (tertiary/aromatic N) is 2. The standard InChI is InChI=1S/C10H14N2O/c1-7(2)4-10(13)9-5-11-6-12-8(9)3/h5-7H,4H2,1-3H3. The molecular formula is C10H14N2O. The van der Waals surface area contributed by atoms with Gasteiger partial charge in [0.2, 0.25) is 0 Å². The summed E-state index contributed by atoms with van der Waals surface area (Å²) in [6, 6.07) is 0. The molecule has 1 heterocycles. The molecule has 1 aromatic heterocycles. The summed E-state index contributed by atoms with van der Waals surface area (Å²) in [4.78, 5) is 19.4. The summed E-state index contributed by atoms with van der Waals surface area (Å²) in [6.45, 7) is 5.88. The Morgan fingerprint density at radius 3 is 2.77 bits per heavy atom. The normalized spacial score (nSPS) is 10.5. The predicted molar refractivity (Wildman–Crippen MR) is 50.6 cm³/mol. The maximum absolute atomic E-state index is 11.6. The second-order valence-electron chi connectivity index (χ2n) is 3.54. The van der Waals surface area contributed by atoms with Crippen LogP contribution in [0.15, 0.2) is 12.5 Å². The van der Waals surface area contributed by atoms with Crippen LogP contribution in [-0.2, 0) is 0 Å². The quantitative estimate of drug-likeness (QED) is 0.665. The molecule has 13 heavy (non-hydrogen) atoms. The van der Waals surface area contributed by atoms with Crippen LogP contribution in [0.1, 0.15) is 36.3 Å². The molecule has 0 unspecified atom stereocenters. The van der Waals surface area contributed by atoms with Crippen molar-refractivity contribution in [3.63, 3.8) is 0 Å². The number of rotatable bonds is 3. The summed E-state index contributed by atoms with van der Waals surface area (Å²) in [5.74, 6) is 0.514. The summed E-state index contributed by atoms with van der Waals surface area (Å²) in [5, 5.41) is 0. The van der Waals surface area contributed by atoms with Crippen molar-refractivity contribution >= 4 is 5.78 Å². The van der Waals surface area contributed by atoms with Crippen LogP contribution in [0.4, 0.5) is 0 Å². The van der Waals surface area contributed by atoms with Gasteiger partial charge < -0.3 is 0 Å². The second-order valence-corrected chi connectivity index (χ2v) is 3.54. The van der Waals surface area contributed by atoms with E-state index in [4.69, 9.17) is 0 Å². The number of carbonyl (C=O) groups excluding carboxylic acids is 1. The topological polar surface area (TPSA) is 42.9 Å². The van der Waals surface area contributed by atoms with E-state index in [1.807, 2.05) is 20.8 Å². The molecule has 1 aromatic rings. The van der Waals surface area contributed by atoms with Crippen LogP contribution < -0.4 is 0 Å². The SMILES string of the molecule is Cc1ncncc1C(=O)CC(C)C. The number of hydrogen-bond donors (Lipinski definition) is 0. The van der Waals surface area contributed by atoms with E-state index in [1.54, 1.807) is 6.20 Å². The Bertz CT molecular complexity index is 308. The minimum atomic E-state index is 0.133. The molecule has 0 aromatic carbocycles. The van der Waals surface area contributed by atoms with E-state index in [1.165, 1.54) is 6.33 Å². The van der Waals surface area contributed by atoms with Gasteiger partial charge in [-0.3, -0.25) is 4.79 Å². The number of hydrogen-bond acceptors (Lipinski definition) is 3. The summed E-state index contributed by atoms with van der Waals surface area (Å²) >= 11 is 0. The molecule has 0 amide bonds. The van der Waals surface area contributed by atoms with E-state index < -0.39 is 0 Å². The van der Waals surface area contributed by atoms with Gasteiger partial charge >= 0.3 is 0 Å². The molecule has 0 spiro atoms. The van der Waals surface area contributed by atoms with E-state index in [0.29, 0.717) is 17.9 Å². The van der Waals surface area contributed by atoms with Crippen molar-refractivity contribution in [3.05, 3.63) is 23.8 Å². The van der Waals surface area contributed by atoms with Gasteiger partial charge in [-0.1, -0.05) is 13.8 Å². The van der Waals surface area contributed by atoms with Crippen molar-refractivity contribution in [2.75, 3.05) is 0 Å². The van der Waals surface area contributed by atoms with E-state index in [9.17, 15) is 4.79 Å². The van der Waals surface area contributed by atoms with Gasteiger partial charge in [-0.05, 0) is 12.8 Å². The Hall–Kier alpha value is -1.25. The van der Waals surface area contributed by atoms with E-state index >= 15 is 0 Å². The average molecular weight is 178 g/mol.